The van der Waals surface area contributed by atoms with Crippen molar-refractivity contribution < 1.29 is 9.90 Å². The molecule has 0 unspecified atom stereocenters. The van der Waals surface area contributed by atoms with Gasteiger partial charge in [0, 0.05) is 18.5 Å². The second kappa shape index (κ2) is 5.31. The van der Waals surface area contributed by atoms with E-state index < -0.39 is 0 Å². The summed E-state index contributed by atoms with van der Waals surface area (Å²) >= 11 is 0. The van der Waals surface area contributed by atoms with Crippen LogP contribution in [0, 0.1) is 5.41 Å². The first-order valence-electron chi connectivity index (χ1n) is 5.65. The molecule has 1 fully saturated rings. The fourth-order valence-electron chi connectivity index (χ4n) is 2.30. The van der Waals surface area contributed by atoms with Crippen LogP contribution in [0.3, 0.4) is 0 Å². The summed E-state index contributed by atoms with van der Waals surface area (Å²) in [7, 11) is 0. The van der Waals surface area contributed by atoms with Crippen LogP contribution in [0.15, 0.2) is 12.7 Å². The minimum absolute atomic E-state index is 0.0235. The van der Waals surface area contributed by atoms with Crippen LogP contribution in [-0.4, -0.2) is 35.6 Å². The lowest BCUT2D eigenvalue weighted by Gasteiger charge is -2.30. The maximum atomic E-state index is 12.2. The Labute approximate surface area is 91.8 Å². The largest absolute Gasteiger partial charge is 0.395 e. The third kappa shape index (κ3) is 2.81. The van der Waals surface area contributed by atoms with E-state index in [-0.39, 0.29) is 17.9 Å². The molecule has 1 N–H and O–H groups in total. The van der Waals surface area contributed by atoms with E-state index in [1.54, 1.807) is 11.0 Å². The second-order valence-corrected chi connectivity index (χ2v) is 4.53. The fraction of sp³-hybridized carbons (Fsp3) is 0.750. The van der Waals surface area contributed by atoms with E-state index in [0.29, 0.717) is 13.1 Å². The maximum absolute atomic E-state index is 12.2. The monoisotopic (exact) mass is 211 g/mol. The molecule has 0 aromatic rings. The predicted octanol–water partition coefficient (Wildman–Crippen LogP) is 1.57. The predicted molar refractivity (Wildman–Crippen MR) is 60.4 cm³/mol. The first-order chi connectivity index (χ1) is 7.14. The molecule has 3 nitrogen and oxygen atoms in total. The summed E-state index contributed by atoms with van der Waals surface area (Å²) < 4.78 is 0. The van der Waals surface area contributed by atoms with Gasteiger partial charge in [-0.1, -0.05) is 25.8 Å². The summed E-state index contributed by atoms with van der Waals surface area (Å²) in [5.41, 5.74) is -0.196. The van der Waals surface area contributed by atoms with Crippen molar-refractivity contribution in [3.05, 3.63) is 12.7 Å². The van der Waals surface area contributed by atoms with Gasteiger partial charge in [-0.15, -0.1) is 6.58 Å². The Morgan fingerprint density at radius 3 is 2.60 bits per heavy atom. The molecule has 3 heteroatoms. The van der Waals surface area contributed by atoms with E-state index in [0.717, 1.165) is 25.7 Å². The highest BCUT2D eigenvalue weighted by Gasteiger charge is 2.38. The standard InChI is InChI=1S/C12H21NO2/c1-3-8-13(9-10-14)11(15)12(2)6-4-5-7-12/h3,14H,1,4-10H2,2H3. The van der Waals surface area contributed by atoms with E-state index in [1.165, 1.54) is 0 Å². The average Bonchev–Trinajstić information content (AvgIpc) is 2.65. The summed E-state index contributed by atoms with van der Waals surface area (Å²) in [6.07, 6.45) is 5.95. The lowest BCUT2D eigenvalue weighted by Crippen LogP contribution is -2.42. The first-order valence-corrected chi connectivity index (χ1v) is 5.65. The van der Waals surface area contributed by atoms with E-state index in [4.69, 9.17) is 5.11 Å². The van der Waals surface area contributed by atoms with Crippen molar-refractivity contribution in [1.82, 2.24) is 4.90 Å². The summed E-state index contributed by atoms with van der Waals surface area (Å²) in [5, 5.41) is 8.91. The molecule has 0 atom stereocenters. The average molecular weight is 211 g/mol. The summed E-state index contributed by atoms with van der Waals surface area (Å²) in [6, 6.07) is 0. The first kappa shape index (κ1) is 12.2. The number of hydrogen-bond donors (Lipinski definition) is 1. The molecular weight excluding hydrogens is 190 g/mol. The molecule has 1 aliphatic carbocycles. The molecule has 0 heterocycles. The van der Waals surface area contributed by atoms with Crippen LogP contribution in [0.25, 0.3) is 0 Å². The van der Waals surface area contributed by atoms with Gasteiger partial charge in [0.2, 0.25) is 5.91 Å². The smallest absolute Gasteiger partial charge is 0.228 e. The van der Waals surface area contributed by atoms with Gasteiger partial charge in [0.25, 0.3) is 0 Å². The van der Waals surface area contributed by atoms with Crippen molar-refractivity contribution in [2.24, 2.45) is 5.41 Å². The number of aliphatic hydroxyl groups excluding tert-OH is 1. The Balaban J connectivity index is 2.65. The zero-order valence-corrected chi connectivity index (χ0v) is 9.54. The van der Waals surface area contributed by atoms with Crippen molar-refractivity contribution in [3.8, 4) is 0 Å². The zero-order valence-electron chi connectivity index (χ0n) is 9.54. The van der Waals surface area contributed by atoms with E-state index in [1.807, 2.05) is 6.92 Å². The van der Waals surface area contributed by atoms with E-state index in [2.05, 4.69) is 6.58 Å². The third-order valence-corrected chi connectivity index (χ3v) is 3.23. The van der Waals surface area contributed by atoms with Crippen LogP contribution in [0.5, 0.6) is 0 Å². The third-order valence-electron chi connectivity index (χ3n) is 3.23. The van der Waals surface area contributed by atoms with E-state index in [9.17, 15) is 4.79 Å². The molecule has 0 aromatic carbocycles. The fourth-order valence-corrected chi connectivity index (χ4v) is 2.30. The molecule has 0 radical (unpaired) electrons. The molecule has 0 aromatic heterocycles. The van der Waals surface area contributed by atoms with Gasteiger partial charge in [-0.05, 0) is 12.8 Å². The quantitative estimate of drug-likeness (QED) is 0.701. The lowest BCUT2D eigenvalue weighted by molar-refractivity contribution is -0.140. The van der Waals surface area contributed by atoms with Gasteiger partial charge in [-0.3, -0.25) is 4.79 Å². The number of aliphatic hydroxyl groups is 1. The molecule has 0 aliphatic heterocycles. The van der Waals surface area contributed by atoms with Crippen molar-refractivity contribution in [1.29, 1.82) is 0 Å². The van der Waals surface area contributed by atoms with Gasteiger partial charge < -0.3 is 10.0 Å². The highest BCUT2D eigenvalue weighted by molar-refractivity contribution is 5.82. The van der Waals surface area contributed by atoms with Gasteiger partial charge in [0.1, 0.15) is 0 Å². The van der Waals surface area contributed by atoms with Crippen LogP contribution < -0.4 is 0 Å². The van der Waals surface area contributed by atoms with Gasteiger partial charge >= 0.3 is 0 Å². The number of nitrogens with zero attached hydrogens (tertiary/aromatic N) is 1. The normalized spacial score (nSPS) is 18.8. The second-order valence-electron chi connectivity index (χ2n) is 4.53. The number of carbonyl (C=O) groups is 1. The van der Waals surface area contributed by atoms with Crippen LogP contribution >= 0.6 is 0 Å². The molecule has 1 saturated carbocycles. The highest BCUT2D eigenvalue weighted by atomic mass is 16.3. The van der Waals surface area contributed by atoms with Crippen molar-refractivity contribution in [3.63, 3.8) is 0 Å². The topological polar surface area (TPSA) is 40.5 Å². The molecule has 86 valence electrons. The van der Waals surface area contributed by atoms with Crippen molar-refractivity contribution >= 4 is 5.91 Å². The Bertz CT molecular complexity index is 232. The Hall–Kier alpha value is -0.830. The van der Waals surface area contributed by atoms with Crippen molar-refractivity contribution in [2.45, 2.75) is 32.6 Å². The van der Waals surface area contributed by atoms with Gasteiger partial charge in [0.05, 0.1) is 6.61 Å². The van der Waals surface area contributed by atoms with Gasteiger partial charge in [-0.2, -0.15) is 0 Å². The number of rotatable bonds is 5. The van der Waals surface area contributed by atoms with E-state index >= 15 is 0 Å². The molecule has 0 spiro atoms. The molecule has 1 amide bonds. The summed E-state index contributed by atoms with van der Waals surface area (Å²) in [6.45, 7) is 6.65. The summed E-state index contributed by atoms with van der Waals surface area (Å²) in [5.74, 6) is 0.175. The minimum atomic E-state index is -0.196. The number of carbonyl (C=O) groups excluding carboxylic acids is 1. The van der Waals surface area contributed by atoms with Crippen LogP contribution in [-0.2, 0) is 4.79 Å². The lowest BCUT2D eigenvalue weighted by atomic mass is 9.87. The van der Waals surface area contributed by atoms with Crippen molar-refractivity contribution in [2.75, 3.05) is 19.7 Å². The summed E-state index contributed by atoms with van der Waals surface area (Å²) in [4.78, 5) is 13.9. The number of hydrogen-bond acceptors (Lipinski definition) is 2. The highest BCUT2D eigenvalue weighted by Crippen LogP contribution is 2.39. The Kier molecular flexibility index (Phi) is 4.33. The van der Waals surface area contributed by atoms with Crippen LogP contribution in [0.4, 0.5) is 0 Å². The number of amides is 1. The van der Waals surface area contributed by atoms with Gasteiger partial charge in [0.15, 0.2) is 0 Å². The molecule has 0 saturated heterocycles. The molecule has 1 aliphatic rings. The minimum Gasteiger partial charge on any atom is -0.395 e. The molecule has 0 bridgehead atoms. The Morgan fingerprint density at radius 1 is 1.53 bits per heavy atom. The van der Waals surface area contributed by atoms with Crippen LogP contribution in [0.1, 0.15) is 32.6 Å². The van der Waals surface area contributed by atoms with Crippen LogP contribution in [0.2, 0.25) is 0 Å². The molecule has 15 heavy (non-hydrogen) atoms. The van der Waals surface area contributed by atoms with Gasteiger partial charge in [-0.25, -0.2) is 0 Å². The maximum Gasteiger partial charge on any atom is 0.228 e. The Morgan fingerprint density at radius 2 is 2.13 bits per heavy atom. The SMILES string of the molecule is C=CCN(CCO)C(=O)C1(C)CCCC1. The zero-order chi connectivity index (χ0) is 11.3. The molecular formula is C12H21NO2. The molecule has 1 rings (SSSR count).